The molecule has 1 aliphatic heterocycles. The molecule has 1 N–H and O–H groups in total. The Morgan fingerprint density at radius 3 is 2.57 bits per heavy atom. The second-order valence-electron chi connectivity index (χ2n) is 6.91. The van der Waals surface area contributed by atoms with E-state index in [2.05, 4.69) is 37.4 Å². The van der Waals surface area contributed by atoms with E-state index < -0.39 is 0 Å². The summed E-state index contributed by atoms with van der Waals surface area (Å²) in [5.74, 6) is 1.12. The number of ether oxygens (including phenoxy) is 1. The average molecular weight is 287 g/mol. The van der Waals surface area contributed by atoms with Gasteiger partial charge in [-0.1, -0.05) is 43.9 Å². The van der Waals surface area contributed by atoms with Crippen LogP contribution in [-0.2, 0) is 0 Å². The van der Waals surface area contributed by atoms with Crippen LogP contribution in [0.2, 0.25) is 0 Å². The van der Waals surface area contributed by atoms with Crippen molar-refractivity contribution in [1.29, 1.82) is 0 Å². The molecule has 1 fully saturated rings. The van der Waals surface area contributed by atoms with Crippen molar-refractivity contribution in [2.45, 2.75) is 76.9 Å². The third-order valence-corrected chi connectivity index (χ3v) is 5.16. The minimum atomic E-state index is 0.0789. The second-order valence-corrected chi connectivity index (χ2v) is 6.91. The van der Waals surface area contributed by atoms with Crippen LogP contribution in [-0.4, -0.2) is 12.1 Å². The van der Waals surface area contributed by atoms with E-state index in [4.69, 9.17) is 4.74 Å². The van der Waals surface area contributed by atoms with Gasteiger partial charge in [0, 0.05) is 18.0 Å². The van der Waals surface area contributed by atoms with Crippen LogP contribution in [0.5, 0.6) is 5.75 Å². The number of benzene rings is 1. The quantitative estimate of drug-likeness (QED) is 0.834. The molecule has 3 rings (SSSR count). The van der Waals surface area contributed by atoms with Crippen LogP contribution in [0.25, 0.3) is 0 Å². The molecule has 1 aliphatic carbocycles. The number of aryl methyl sites for hydroxylation is 1. The Morgan fingerprint density at radius 2 is 1.86 bits per heavy atom. The lowest BCUT2D eigenvalue weighted by atomic mass is 9.78. The van der Waals surface area contributed by atoms with Gasteiger partial charge >= 0.3 is 0 Å². The van der Waals surface area contributed by atoms with E-state index in [1.807, 2.05) is 0 Å². The van der Waals surface area contributed by atoms with Gasteiger partial charge in [0.05, 0.1) is 0 Å². The minimum absolute atomic E-state index is 0.0789. The Hall–Kier alpha value is -1.02. The maximum absolute atomic E-state index is 6.59. The molecule has 2 nitrogen and oxygen atoms in total. The van der Waals surface area contributed by atoms with Crippen LogP contribution in [0, 0.1) is 6.92 Å². The van der Waals surface area contributed by atoms with Gasteiger partial charge in [0.2, 0.25) is 0 Å². The Bertz CT molecular complexity index is 474. The normalized spacial score (nSPS) is 24.8. The van der Waals surface area contributed by atoms with Gasteiger partial charge in [-0.3, -0.25) is 0 Å². The largest absolute Gasteiger partial charge is 0.487 e. The topological polar surface area (TPSA) is 21.3 Å². The van der Waals surface area contributed by atoms with Crippen LogP contribution in [0.15, 0.2) is 18.2 Å². The highest BCUT2D eigenvalue weighted by atomic mass is 16.5. The maximum Gasteiger partial charge on any atom is 0.124 e. The first-order valence-corrected chi connectivity index (χ1v) is 8.75. The summed E-state index contributed by atoms with van der Waals surface area (Å²) in [5.41, 5.74) is 2.77. The predicted molar refractivity (Wildman–Crippen MR) is 87.9 cm³/mol. The highest BCUT2D eigenvalue weighted by Crippen LogP contribution is 2.45. The van der Waals surface area contributed by atoms with Crippen LogP contribution >= 0.6 is 0 Å². The van der Waals surface area contributed by atoms with Crippen LogP contribution in [0.4, 0.5) is 0 Å². The molecular formula is C19H29NO. The first kappa shape index (κ1) is 14.9. The number of nitrogens with one attached hydrogen (secondary N) is 1. The number of fused-ring (bicyclic) bond motifs is 1. The van der Waals surface area contributed by atoms with Crippen molar-refractivity contribution < 1.29 is 4.74 Å². The number of hydrogen-bond acceptors (Lipinski definition) is 2. The summed E-state index contributed by atoms with van der Waals surface area (Å²) in [4.78, 5) is 0. The van der Waals surface area contributed by atoms with Gasteiger partial charge in [0.25, 0.3) is 0 Å². The Balaban J connectivity index is 1.90. The molecule has 2 aliphatic rings. The first-order chi connectivity index (χ1) is 10.2. The molecule has 0 aromatic heterocycles. The van der Waals surface area contributed by atoms with Gasteiger partial charge in [0.1, 0.15) is 11.4 Å². The molecule has 1 aromatic carbocycles. The minimum Gasteiger partial charge on any atom is -0.487 e. The lowest BCUT2D eigenvalue weighted by molar-refractivity contribution is 0.00662. The van der Waals surface area contributed by atoms with Crippen LogP contribution < -0.4 is 10.1 Å². The summed E-state index contributed by atoms with van der Waals surface area (Å²) in [7, 11) is 0. The fourth-order valence-electron chi connectivity index (χ4n) is 4.07. The lowest BCUT2D eigenvalue weighted by Gasteiger charge is -2.44. The first-order valence-electron chi connectivity index (χ1n) is 8.75. The smallest absolute Gasteiger partial charge is 0.124 e. The van der Waals surface area contributed by atoms with Gasteiger partial charge in [-0.15, -0.1) is 0 Å². The molecule has 1 heterocycles. The summed E-state index contributed by atoms with van der Waals surface area (Å²) in [6, 6.07) is 7.13. The number of hydrogen-bond donors (Lipinski definition) is 1. The number of rotatable bonds is 2. The molecule has 0 amide bonds. The van der Waals surface area contributed by atoms with Crippen molar-refractivity contribution in [3.05, 3.63) is 29.3 Å². The van der Waals surface area contributed by atoms with Gasteiger partial charge in [-0.25, -0.2) is 0 Å². The van der Waals surface area contributed by atoms with E-state index in [1.54, 1.807) is 0 Å². The molecule has 0 radical (unpaired) electrons. The third kappa shape index (κ3) is 3.26. The highest BCUT2D eigenvalue weighted by Gasteiger charge is 2.40. The van der Waals surface area contributed by atoms with Gasteiger partial charge in [-0.05, 0) is 45.2 Å². The van der Waals surface area contributed by atoms with E-state index in [1.165, 1.54) is 56.1 Å². The van der Waals surface area contributed by atoms with Gasteiger partial charge in [-0.2, -0.15) is 0 Å². The maximum atomic E-state index is 6.59. The van der Waals surface area contributed by atoms with Gasteiger partial charge in [0.15, 0.2) is 0 Å². The zero-order valence-electron chi connectivity index (χ0n) is 13.6. The van der Waals surface area contributed by atoms with Crippen molar-refractivity contribution in [1.82, 2.24) is 5.32 Å². The fourth-order valence-corrected chi connectivity index (χ4v) is 4.07. The lowest BCUT2D eigenvalue weighted by Crippen LogP contribution is -2.44. The average Bonchev–Trinajstić information content (AvgIpc) is 2.45. The molecule has 1 unspecified atom stereocenters. The van der Waals surface area contributed by atoms with Crippen LogP contribution in [0.1, 0.15) is 75.5 Å². The van der Waals surface area contributed by atoms with Crippen molar-refractivity contribution >= 4 is 0 Å². The van der Waals surface area contributed by atoms with E-state index in [9.17, 15) is 0 Å². The van der Waals surface area contributed by atoms with E-state index in [0.717, 1.165) is 18.7 Å². The summed E-state index contributed by atoms with van der Waals surface area (Å²) in [5, 5.41) is 3.70. The van der Waals surface area contributed by atoms with E-state index in [-0.39, 0.29) is 5.60 Å². The Kier molecular flexibility index (Phi) is 4.54. The molecule has 1 aromatic rings. The molecule has 21 heavy (non-hydrogen) atoms. The van der Waals surface area contributed by atoms with Gasteiger partial charge < -0.3 is 10.1 Å². The molecule has 2 heteroatoms. The Labute approximate surface area is 129 Å². The third-order valence-electron chi connectivity index (χ3n) is 5.16. The molecule has 0 bridgehead atoms. The van der Waals surface area contributed by atoms with E-state index >= 15 is 0 Å². The van der Waals surface area contributed by atoms with Crippen molar-refractivity contribution in [2.24, 2.45) is 0 Å². The summed E-state index contributed by atoms with van der Waals surface area (Å²) >= 11 is 0. The Morgan fingerprint density at radius 1 is 1.14 bits per heavy atom. The van der Waals surface area contributed by atoms with Crippen molar-refractivity contribution in [2.75, 3.05) is 6.54 Å². The summed E-state index contributed by atoms with van der Waals surface area (Å²) in [6.07, 6.45) is 10.4. The molecule has 1 spiro atoms. The molecule has 1 atom stereocenters. The SMILES string of the molecule is CCNC1CC2(CCCCCCC2)Oc2ccc(C)cc21. The van der Waals surface area contributed by atoms with Crippen molar-refractivity contribution in [3.8, 4) is 5.75 Å². The summed E-state index contributed by atoms with van der Waals surface area (Å²) < 4.78 is 6.59. The van der Waals surface area contributed by atoms with Crippen molar-refractivity contribution in [3.63, 3.8) is 0 Å². The van der Waals surface area contributed by atoms with Crippen LogP contribution in [0.3, 0.4) is 0 Å². The zero-order valence-corrected chi connectivity index (χ0v) is 13.6. The fraction of sp³-hybridized carbons (Fsp3) is 0.684. The molecule has 1 saturated carbocycles. The highest BCUT2D eigenvalue weighted by molar-refractivity contribution is 5.41. The molecule has 116 valence electrons. The second kappa shape index (κ2) is 6.39. The van der Waals surface area contributed by atoms with E-state index in [0.29, 0.717) is 6.04 Å². The summed E-state index contributed by atoms with van der Waals surface area (Å²) in [6.45, 7) is 5.40. The predicted octanol–water partition coefficient (Wildman–Crippen LogP) is 4.91. The zero-order chi connectivity index (χ0) is 14.7. The molecule has 0 saturated heterocycles. The standard InChI is InChI=1S/C19H29NO/c1-3-20-17-14-19(11-7-5-4-6-8-12-19)21-18-10-9-15(2)13-16(17)18/h9-10,13,17,20H,3-8,11-12,14H2,1-2H3. The monoisotopic (exact) mass is 287 g/mol. The molecular weight excluding hydrogens is 258 g/mol.